The van der Waals surface area contributed by atoms with E-state index in [0.29, 0.717) is 24.3 Å². The van der Waals surface area contributed by atoms with E-state index in [1.54, 1.807) is 0 Å². The van der Waals surface area contributed by atoms with Crippen molar-refractivity contribution in [2.75, 3.05) is 6.54 Å². The van der Waals surface area contributed by atoms with Crippen molar-refractivity contribution in [3.63, 3.8) is 0 Å². The SMILES string of the molecule is CC[C@H]1/C(=N/OC(C)(C)CN)CC[C@@]2(C)C1[C@H](O)C[C@H]1[C@@H]3CC[C@H](O)[C@@]3(C)CC[C@@H]12. The van der Waals surface area contributed by atoms with E-state index < -0.39 is 5.60 Å². The van der Waals surface area contributed by atoms with Gasteiger partial charge in [0.2, 0.25) is 0 Å². The lowest BCUT2D eigenvalue weighted by molar-refractivity contribution is -0.164. The zero-order valence-electron chi connectivity index (χ0n) is 19.7. The van der Waals surface area contributed by atoms with Gasteiger partial charge in [0.15, 0.2) is 0 Å². The number of aliphatic hydroxyl groups is 2. The van der Waals surface area contributed by atoms with Crippen LogP contribution >= 0.6 is 0 Å². The van der Waals surface area contributed by atoms with E-state index in [4.69, 9.17) is 10.6 Å². The molecule has 4 rings (SSSR count). The molecule has 0 radical (unpaired) electrons. The first-order valence-corrected chi connectivity index (χ1v) is 12.4. The largest absolute Gasteiger partial charge is 0.393 e. The van der Waals surface area contributed by atoms with Gasteiger partial charge in [0.1, 0.15) is 5.60 Å². The summed E-state index contributed by atoms with van der Waals surface area (Å²) in [7, 11) is 0. The molecule has 1 unspecified atom stereocenters. The van der Waals surface area contributed by atoms with Crippen LogP contribution in [0.4, 0.5) is 0 Å². The molecule has 0 aromatic heterocycles. The van der Waals surface area contributed by atoms with Crippen molar-refractivity contribution in [1.29, 1.82) is 0 Å². The molecule has 0 amide bonds. The van der Waals surface area contributed by atoms with E-state index in [-0.39, 0.29) is 34.9 Å². The van der Waals surface area contributed by atoms with E-state index in [9.17, 15) is 10.2 Å². The van der Waals surface area contributed by atoms with E-state index in [1.807, 2.05) is 13.8 Å². The molecule has 0 aromatic carbocycles. The number of fused-ring (bicyclic) bond motifs is 5. The van der Waals surface area contributed by atoms with Gasteiger partial charge in [-0.25, -0.2) is 0 Å². The second-order valence-corrected chi connectivity index (χ2v) is 12.0. The highest BCUT2D eigenvalue weighted by Gasteiger charge is 2.63. The van der Waals surface area contributed by atoms with Gasteiger partial charge >= 0.3 is 0 Å². The van der Waals surface area contributed by atoms with Gasteiger partial charge in [0, 0.05) is 12.5 Å². The van der Waals surface area contributed by atoms with Gasteiger partial charge in [-0.3, -0.25) is 0 Å². The molecule has 0 spiro atoms. The van der Waals surface area contributed by atoms with Crippen LogP contribution in [0.25, 0.3) is 0 Å². The average Bonchev–Trinajstić information content (AvgIpc) is 3.01. The molecular formula is C25H44N2O3. The van der Waals surface area contributed by atoms with Crippen molar-refractivity contribution in [3.05, 3.63) is 0 Å². The predicted molar refractivity (Wildman–Crippen MR) is 120 cm³/mol. The van der Waals surface area contributed by atoms with E-state index in [2.05, 4.69) is 25.9 Å². The van der Waals surface area contributed by atoms with Crippen molar-refractivity contribution in [2.24, 2.45) is 51.3 Å². The van der Waals surface area contributed by atoms with Crippen LogP contribution in [0, 0.1) is 40.4 Å². The molecule has 0 saturated heterocycles. The lowest BCUT2D eigenvalue weighted by atomic mass is 9.43. The Balaban J connectivity index is 1.62. The summed E-state index contributed by atoms with van der Waals surface area (Å²) in [5, 5.41) is 26.8. The topological polar surface area (TPSA) is 88.1 Å². The van der Waals surface area contributed by atoms with Crippen molar-refractivity contribution < 1.29 is 15.1 Å². The monoisotopic (exact) mass is 420 g/mol. The molecule has 4 N–H and O–H groups in total. The highest BCUT2D eigenvalue weighted by molar-refractivity contribution is 5.87. The summed E-state index contributed by atoms with van der Waals surface area (Å²) in [5.74, 6) is 2.27. The Morgan fingerprint density at radius 2 is 1.80 bits per heavy atom. The first-order chi connectivity index (χ1) is 14.1. The zero-order chi connectivity index (χ0) is 21.9. The van der Waals surface area contributed by atoms with Gasteiger partial charge in [0.05, 0.1) is 17.9 Å². The normalized spacial score (nSPS) is 50.0. The molecule has 9 atom stereocenters. The highest BCUT2D eigenvalue weighted by atomic mass is 16.6. The quantitative estimate of drug-likeness (QED) is 0.597. The summed E-state index contributed by atoms with van der Waals surface area (Å²) >= 11 is 0. The fourth-order valence-electron chi connectivity index (χ4n) is 8.21. The molecule has 172 valence electrons. The van der Waals surface area contributed by atoms with Crippen LogP contribution in [0.5, 0.6) is 0 Å². The number of oxime groups is 1. The molecule has 4 aliphatic rings. The Kier molecular flexibility index (Phi) is 5.81. The molecule has 5 heteroatoms. The van der Waals surface area contributed by atoms with Crippen molar-refractivity contribution in [1.82, 2.24) is 0 Å². The number of nitrogens with zero attached hydrogens (tertiary/aromatic N) is 1. The van der Waals surface area contributed by atoms with E-state index >= 15 is 0 Å². The average molecular weight is 421 g/mol. The van der Waals surface area contributed by atoms with Gasteiger partial charge in [-0.1, -0.05) is 25.9 Å². The molecule has 0 aliphatic heterocycles. The molecule has 0 aromatic rings. The Hall–Kier alpha value is -0.650. The van der Waals surface area contributed by atoms with Crippen LogP contribution in [-0.2, 0) is 4.84 Å². The Labute approximate surface area is 182 Å². The first kappa shape index (κ1) is 22.5. The van der Waals surface area contributed by atoms with Crippen LogP contribution in [0.15, 0.2) is 5.16 Å². The second kappa shape index (κ2) is 7.74. The summed E-state index contributed by atoms with van der Waals surface area (Å²) in [4.78, 5) is 5.84. The predicted octanol–water partition coefficient (Wildman–Crippen LogP) is 4.11. The number of nitrogens with two attached hydrogens (primary N) is 1. The molecule has 0 heterocycles. The van der Waals surface area contributed by atoms with Crippen molar-refractivity contribution in [3.8, 4) is 0 Å². The van der Waals surface area contributed by atoms with Gasteiger partial charge in [-0.15, -0.1) is 0 Å². The third kappa shape index (κ3) is 3.34. The van der Waals surface area contributed by atoms with Crippen LogP contribution in [-0.4, -0.2) is 40.3 Å². The van der Waals surface area contributed by atoms with Crippen LogP contribution in [0.1, 0.15) is 86.0 Å². The van der Waals surface area contributed by atoms with Crippen LogP contribution < -0.4 is 5.73 Å². The lowest BCUT2D eigenvalue weighted by Gasteiger charge is -2.63. The van der Waals surface area contributed by atoms with Gasteiger partial charge in [0.25, 0.3) is 0 Å². The van der Waals surface area contributed by atoms with Crippen molar-refractivity contribution in [2.45, 2.75) is 104 Å². The second-order valence-electron chi connectivity index (χ2n) is 12.0. The standard InChI is InChI=1S/C25H44N2O3/c1-6-15-19(27-30-23(2,3)14-26)10-12-25(5)18-9-11-24(4)17(7-8-21(24)29)16(18)13-20(28)22(15)25/h15-18,20-22,28-29H,6-14,26H2,1-5H3/b27-19+/t15-,16-,17-,18-,20+,21-,22?,24-,25+/m0/s1. The minimum atomic E-state index is -0.459. The number of rotatable bonds is 4. The molecule has 0 bridgehead atoms. The van der Waals surface area contributed by atoms with Gasteiger partial charge in [-0.05, 0) is 99.7 Å². The molecule has 4 aliphatic carbocycles. The third-order valence-corrected chi connectivity index (χ3v) is 10.0. The maximum absolute atomic E-state index is 11.5. The summed E-state index contributed by atoms with van der Waals surface area (Å²) < 4.78 is 0. The molecule has 30 heavy (non-hydrogen) atoms. The zero-order valence-corrected chi connectivity index (χ0v) is 19.7. The summed E-state index contributed by atoms with van der Waals surface area (Å²) in [6.07, 6.45) is 7.81. The minimum absolute atomic E-state index is 0.0528. The summed E-state index contributed by atoms with van der Waals surface area (Å²) in [6, 6.07) is 0. The maximum Gasteiger partial charge on any atom is 0.144 e. The Morgan fingerprint density at radius 3 is 2.47 bits per heavy atom. The van der Waals surface area contributed by atoms with E-state index in [0.717, 1.165) is 50.7 Å². The van der Waals surface area contributed by atoms with Crippen LogP contribution in [0.2, 0.25) is 0 Å². The molecule has 5 nitrogen and oxygen atoms in total. The minimum Gasteiger partial charge on any atom is -0.393 e. The smallest absolute Gasteiger partial charge is 0.144 e. The third-order valence-electron chi connectivity index (χ3n) is 10.0. The van der Waals surface area contributed by atoms with Crippen molar-refractivity contribution >= 4 is 5.71 Å². The fraction of sp³-hybridized carbons (Fsp3) is 0.960. The first-order valence-electron chi connectivity index (χ1n) is 12.4. The Bertz CT molecular complexity index is 679. The lowest BCUT2D eigenvalue weighted by Crippen LogP contribution is -2.60. The summed E-state index contributed by atoms with van der Waals surface area (Å²) in [6.45, 7) is 11.4. The van der Waals surface area contributed by atoms with Gasteiger partial charge in [-0.2, -0.15) is 0 Å². The van der Waals surface area contributed by atoms with Gasteiger partial charge < -0.3 is 20.8 Å². The molecule has 4 fully saturated rings. The molecular weight excluding hydrogens is 376 g/mol. The Morgan fingerprint density at radius 1 is 1.10 bits per heavy atom. The number of aliphatic hydroxyl groups excluding tert-OH is 2. The maximum atomic E-state index is 11.5. The number of hydrogen-bond donors (Lipinski definition) is 3. The van der Waals surface area contributed by atoms with Crippen LogP contribution in [0.3, 0.4) is 0 Å². The summed E-state index contributed by atoms with van der Waals surface area (Å²) in [5.41, 5.74) is 6.68. The van der Waals surface area contributed by atoms with E-state index in [1.165, 1.54) is 6.42 Å². The highest BCUT2D eigenvalue weighted by Crippen LogP contribution is 2.66. The molecule has 4 saturated carbocycles. The number of hydrogen-bond acceptors (Lipinski definition) is 5. The fourth-order valence-corrected chi connectivity index (χ4v) is 8.21.